The second-order valence-electron chi connectivity index (χ2n) is 4.20. The summed E-state index contributed by atoms with van der Waals surface area (Å²) in [5, 5.41) is 4.36. The van der Waals surface area contributed by atoms with E-state index in [9.17, 15) is 4.79 Å². The highest BCUT2D eigenvalue weighted by molar-refractivity contribution is 6.36. The highest BCUT2D eigenvalue weighted by Crippen LogP contribution is 2.31. The first-order chi connectivity index (χ1) is 8.77. The highest BCUT2D eigenvalue weighted by atomic mass is 35.5. The van der Waals surface area contributed by atoms with Gasteiger partial charge < -0.3 is 5.32 Å². The summed E-state index contributed by atoms with van der Waals surface area (Å²) >= 11 is 6.15. The normalized spacial score (nSPS) is 15.8. The van der Waals surface area contributed by atoms with Crippen molar-refractivity contribution in [2.24, 2.45) is 0 Å². The summed E-state index contributed by atoms with van der Waals surface area (Å²) in [5.41, 5.74) is 1.58. The molecule has 1 fully saturated rings. The van der Waals surface area contributed by atoms with Gasteiger partial charge in [0.25, 0.3) is 0 Å². The van der Waals surface area contributed by atoms with E-state index in [0.29, 0.717) is 11.6 Å². The summed E-state index contributed by atoms with van der Waals surface area (Å²) in [6.07, 6.45) is 2.65. The fraction of sp³-hybridized carbons (Fsp3) is 0.231. The van der Waals surface area contributed by atoms with Crippen molar-refractivity contribution in [3.63, 3.8) is 0 Å². The number of benzene rings is 1. The number of aromatic nitrogens is 1. The molecule has 0 aliphatic carbocycles. The summed E-state index contributed by atoms with van der Waals surface area (Å²) in [7, 11) is 0. The maximum Gasteiger partial charge on any atom is 0.321 e. The van der Waals surface area contributed by atoms with Gasteiger partial charge in [-0.2, -0.15) is 0 Å². The quantitative estimate of drug-likeness (QED) is 0.858. The van der Waals surface area contributed by atoms with Crippen LogP contribution >= 0.6 is 11.6 Å². The summed E-state index contributed by atoms with van der Waals surface area (Å²) in [6.45, 7) is 1.44. The molecule has 0 radical (unpaired) electrons. The Hall–Kier alpha value is -1.81. The molecular formula is C13H12ClN3O. The maximum atomic E-state index is 11.9. The molecule has 92 valence electrons. The molecule has 1 N–H and O–H groups in total. The van der Waals surface area contributed by atoms with Crippen molar-refractivity contribution in [3.05, 3.63) is 35.5 Å². The van der Waals surface area contributed by atoms with Crippen molar-refractivity contribution in [3.8, 4) is 0 Å². The molecule has 1 aromatic carbocycles. The van der Waals surface area contributed by atoms with Crippen molar-refractivity contribution < 1.29 is 4.79 Å². The number of halogens is 1. The van der Waals surface area contributed by atoms with Gasteiger partial charge in [0.15, 0.2) is 0 Å². The van der Waals surface area contributed by atoms with Crippen LogP contribution in [0.5, 0.6) is 0 Å². The smallest absolute Gasteiger partial charge is 0.321 e. The molecule has 1 saturated heterocycles. The fourth-order valence-electron chi connectivity index (χ4n) is 2.20. The van der Waals surface area contributed by atoms with Crippen molar-refractivity contribution in [1.82, 2.24) is 10.3 Å². The minimum absolute atomic E-state index is 0.0736. The molecule has 3 rings (SSSR count). The zero-order valence-corrected chi connectivity index (χ0v) is 10.4. The van der Waals surface area contributed by atoms with Crippen LogP contribution in [0.4, 0.5) is 10.5 Å². The molecule has 2 heterocycles. The van der Waals surface area contributed by atoms with Crippen LogP contribution in [0.1, 0.15) is 6.42 Å². The predicted octanol–water partition coefficient (Wildman–Crippen LogP) is 2.81. The summed E-state index contributed by atoms with van der Waals surface area (Å²) < 4.78 is 0. The minimum atomic E-state index is -0.0736. The number of amides is 2. The Labute approximate surface area is 110 Å². The highest BCUT2D eigenvalue weighted by Gasteiger charge is 2.21. The number of fused-ring (bicyclic) bond motifs is 1. The van der Waals surface area contributed by atoms with Crippen molar-refractivity contribution in [2.75, 3.05) is 18.0 Å². The van der Waals surface area contributed by atoms with Gasteiger partial charge in [-0.3, -0.25) is 9.88 Å². The molecule has 0 unspecified atom stereocenters. The van der Waals surface area contributed by atoms with E-state index in [2.05, 4.69) is 10.3 Å². The van der Waals surface area contributed by atoms with Crippen LogP contribution in [-0.4, -0.2) is 24.1 Å². The lowest BCUT2D eigenvalue weighted by Gasteiger charge is -2.28. The van der Waals surface area contributed by atoms with E-state index in [4.69, 9.17) is 11.6 Å². The van der Waals surface area contributed by atoms with Crippen LogP contribution in [0.2, 0.25) is 5.02 Å². The standard InChI is InChI=1S/C13H12ClN3O/c14-10-4-5-11(12-9(10)3-1-6-15-12)17-8-2-7-16-13(17)18/h1,3-6H,2,7-8H2,(H,16,18). The molecule has 0 spiro atoms. The zero-order chi connectivity index (χ0) is 12.5. The van der Waals surface area contributed by atoms with Crippen molar-refractivity contribution in [2.45, 2.75) is 6.42 Å². The molecule has 2 amide bonds. The summed E-state index contributed by atoms with van der Waals surface area (Å²) in [5.74, 6) is 0. The third kappa shape index (κ3) is 1.78. The molecule has 1 aromatic heterocycles. The molecule has 4 nitrogen and oxygen atoms in total. The lowest BCUT2D eigenvalue weighted by Crippen LogP contribution is -2.46. The Morgan fingerprint density at radius 1 is 1.33 bits per heavy atom. The molecule has 0 bridgehead atoms. The largest absolute Gasteiger partial charge is 0.338 e. The number of rotatable bonds is 1. The molecule has 5 heteroatoms. The van der Waals surface area contributed by atoms with E-state index < -0.39 is 0 Å². The van der Waals surface area contributed by atoms with Crippen molar-refractivity contribution >= 4 is 34.2 Å². The number of hydrogen-bond donors (Lipinski definition) is 1. The van der Waals surface area contributed by atoms with Crippen LogP contribution in [0.25, 0.3) is 10.9 Å². The predicted molar refractivity (Wildman–Crippen MR) is 72.1 cm³/mol. The first-order valence-electron chi connectivity index (χ1n) is 5.86. The first kappa shape index (κ1) is 11.3. The van der Waals surface area contributed by atoms with Crippen LogP contribution < -0.4 is 10.2 Å². The maximum absolute atomic E-state index is 11.9. The average molecular weight is 262 g/mol. The van der Waals surface area contributed by atoms with Gasteiger partial charge in [-0.05, 0) is 30.7 Å². The number of urea groups is 1. The molecular weight excluding hydrogens is 250 g/mol. The zero-order valence-electron chi connectivity index (χ0n) is 9.69. The van der Waals surface area contributed by atoms with Gasteiger partial charge in [-0.25, -0.2) is 4.79 Å². The van der Waals surface area contributed by atoms with Crippen LogP contribution in [0.15, 0.2) is 30.5 Å². The Morgan fingerprint density at radius 3 is 3.06 bits per heavy atom. The SMILES string of the molecule is O=C1NCCCN1c1ccc(Cl)c2cccnc12. The van der Waals surface area contributed by atoms with E-state index in [-0.39, 0.29) is 6.03 Å². The number of anilines is 1. The molecule has 0 atom stereocenters. The third-order valence-electron chi connectivity index (χ3n) is 3.07. The van der Waals surface area contributed by atoms with Crippen molar-refractivity contribution in [1.29, 1.82) is 0 Å². The fourth-order valence-corrected chi connectivity index (χ4v) is 2.42. The lowest BCUT2D eigenvalue weighted by atomic mass is 10.1. The van der Waals surface area contributed by atoms with E-state index in [1.54, 1.807) is 11.1 Å². The third-order valence-corrected chi connectivity index (χ3v) is 3.40. The number of carbonyl (C=O) groups excluding carboxylic acids is 1. The van der Waals surface area contributed by atoms with Gasteiger partial charge >= 0.3 is 6.03 Å². The van der Waals surface area contributed by atoms with Crippen LogP contribution in [0.3, 0.4) is 0 Å². The van der Waals surface area contributed by atoms with Gasteiger partial charge in [0, 0.05) is 24.7 Å². The molecule has 1 aliphatic heterocycles. The van der Waals surface area contributed by atoms with Crippen LogP contribution in [-0.2, 0) is 0 Å². The van der Waals surface area contributed by atoms with Gasteiger partial charge in [0.05, 0.1) is 16.2 Å². The van der Waals surface area contributed by atoms with Gasteiger partial charge in [-0.15, -0.1) is 0 Å². The molecule has 2 aromatic rings. The summed E-state index contributed by atoms with van der Waals surface area (Å²) in [4.78, 5) is 17.9. The number of carbonyl (C=O) groups is 1. The Balaban J connectivity index is 2.17. The summed E-state index contributed by atoms with van der Waals surface area (Å²) in [6, 6.07) is 7.34. The Bertz CT molecular complexity index is 614. The van der Waals surface area contributed by atoms with Gasteiger partial charge in [0.2, 0.25) is 0 Å². The minimum Gasteiger partial charge on any atom is -0.338 e. The monoisotopic (exact) mass is 261 g/mol. The number of hydrogen-bond acceptors (Lipinski definition) is 2. The van der Waals surface area contributed by atoms with Gasteiger partial charge in [-0.1, -0.05) is 11.6 Å². The first-order valence-corrected chi connectivity index (χ1v) is 6.24. The topological polar surface area (TPSA) is 45.2 Å². The van der Waals surface area contributed by atoms with Crippen LogP contribution in [0, 0.1) is 0 Å². The van der Waals surface area contributed by atoms with E-state index in [1.165, 1.54) is 0 Å². The number of pyridine rings is 1. The van der Waals surface area contributed by atoms with Gasteiger partial charge in [0.1, 0.15) is 0 Å². The van der Waals surface area contributed by atoms with E-state index in [1.807, 2.05) is 24.3 Å². The van der Waals surface area contributed by atoms with E-state index in [0.717, 1.165) is 29.6 Å². The van der Waals surface area contributed by atoms with E-state index >= 15 is 0 Å². The molecule has 18 heavy (non-hydrogen) atoms. The molecule has 0 saturated carbocycles. The molecule has 1 aliphatic rings. The lowest BCUT2D eigenvalue weighted by molar-refractivity contribution is 0.243. The second-order valence-corrected chi connectivity index (χ2v) is 4.61. The second kappa shape index (κ2) is 4.46. The Kier molecular flexibility index (Phi) is 2.80. The number of nitrogens with one attached hydrogen (secondary N) is 1. The number of nitrogens with zero attached hydrogens (tertiary/aromatic N) is 2. The Morgan fingerprint density at radius 2 is 2.22 bits per heavy atom. The average Bonchev–Trinajstić information content (AvgIpc) is 2.41.